The van der Waals surface area contributed by atoms with Crippen LogP contribution in [0.15, 0.2) is 41.3 Å². The molecule has 1 heterocycles. The van der Waals surface area contributed by atoms with Gasteiger partial charge in [-0.3, -0.25) is 20.2 Å². The van der Waals surface area contributed by atoms with Crippen LogP contribution in [0.25, 0.3) is 0 Å². The van der Waals surface area contributed by atoms with E-state index in [9.17, 15) is 41.8 Å². The Morgan fingerprint density at radius 2 is 1.56 bits per heavy atom. The first-order chi connectivity index (χ1) is 14.8. The molecule has 32 heavy (non-hydrogen) atoms. The van der Waals surface area contributed by atoms with Crippen molar-refractivity contribution in [2.75, 3.05) is 31.1 Å². The van der Waals surface area contributed by atoms with E-state index in [1.165, 1.54) is 11.0 Å². The average Bonchev–Trinajstić information content (AvgIpc) is 2.72. The molecule has 1 saturated heterocycles. The largest absolute Gasteiger partial charge is 0.417 e. The highest BCUT2D eigenvalue weighted by Gasteiger charge is 2.36. The van der Waals surface area contributed by atoms with E-state index in [2.05, 4.69) is 0 Å². The van der Waals surface area contributed by atoms with E-state index in [1.807, 2.05) is 0 Å². The normalized spacial score (nSPS) is 15.6. The summed E-state index contributed by atoms with van der Waals surface area (Å²) in [6, 6.07) is 5.40. The topological polar surface area (TPSA) is 127 Å². The fourth-order valence-corrected chi connectivity index (χ4v) is 4.91. The molecule has 10 nitrogen and oxygen atoms in total. The van der Waals surface area contributed by atoms with Crippen molar-refractivity contribution in [3.8, 4) is 0 Å². The molecule has 172 valence electrons. The zero-order valence-corrected chi connectivity index (χ0v) is 17.5. The van der Waals surface area contributed by atoms with Crippen LogP contribution >= 0.6 is 11.6 Å². The lowest BCUT2D eigenvalue weighted by Gasteiger charge is -2.35. The van der Waals surface area contributed by atoms with Crippen LogP contribution < -0.4 is 4.90 Å². The summed E-state index contributed by atoms with van der Waals surface area (Å²) in [5.41, 5.74) is -2.18. The summed E-state index contributed by atoms with van der Waals surface area (Å²) in [5.74, 6) is 0. The summed E-state index contributed by atoms with van der Waals surface area (Å²) in [5, 5.41) is 21.6. The summed E-state index contributed by atoms with van der Waals surface area (Å²) >= 11 is 5.54. The number of nitro benzene ring substituents is 2. The fourth-order valence-electron chi connectivity index (χ4n) is 3.24. The number of anilines is 1. The van der Waals surface area contributed by atoms with Crippen LogP contribution in [0.3, 0.4) is 0 Å². The van der Waals surface area contributed by atoms with Crippen LogP contribution in [-0.4, -0.2) is 48.7 Å². The van der Waals surface area contributed by atoms with Gasteiger partial charge >= 0.3 is 6.18 Å². The highest BCUT2D eigenvalue weighted by atomic mass is 35.5. The Hall–Kier alpha value is -2.97. The lowest BCUT2D eigenvalue weighted by atomic mass is 10.2. The van der Waals surface area contributed by atoms with Gasteiger partial charge in [0.15, 0.2) is 0 Å². The first-order valence-electron chi connectivity index (χ1n) is 8.87. The van der Waals surface area contributed by atoms with Gasteiger partial charge in [0.1, 0.15) is 5.69 Å². The lowest BCUT2D eigenvalue weighted by molar-refractivity contribution is -0.393. The molecule has 0 amide bonds. The molecular formula is C17H14ClF3N4O6S. The maximum Gasteiger partial charge on any atom is 0.417 e. The molecule has 0 aromatic heterocycles. The predicted molar refractivity (Wildman–Crippen MR) is 107 cm³/mol. The van der Waals surface area contributed by atoms with Gasteiger partial charge in [0, 0.05) is 32.2 Å². The number of nitro groups is 2. The zero-order valence-electron chi connectivity index (χ0n) is 16.0. The van der Waals surface area contributed by atoms with Gasteiger partial charge in [0.05, 0.1) is 31.4 Å². The van der Waals surface area contributed by atoms with Crippen LogP contribution in [0.4, 0.5) is 30.2 Å². The Labute approximate surface area is 184 Å². The van der Waals surface area contributed by atoms with Crippen LogP contribution in [-0.2, 0) is 16.2 Å². The molecule has 1 aliphatic rings. The minimum absolute atomic E-state index is 0.0163. The number of halogens is 4. The molecule has 3 rings (SSSR count). The molecule has 2 aromatic rings. The Bertz CT molecular complexity index is 1180. The first kappa shape index (κ1) is 23.7. The Morgan fingerprint density at radius 1 is 0.938 bits per heavy atom. The average molecular weight is 495 g/mol. The summed E-state index contributed by atoms with van der Waals surface area (Å²) < 4.78 is 65.9. The van der Waals surface area contributed by atoms with Gasteiger partial charge in [-0.05, 0) is 24.3 Å². The molecule has 0 N–H and O–H groups in total. The molecule has 0 radical (unpaired) electrons. The Kier molecular flexibility index (Phi) is 6.31. The number of benzene rings is 2. The highest BCUT2D eigenvalue weighted by Crippen LogP contribution is 2.37. The van der Waals surface area contributed by atoms with Crippen molar-refractivity contribution < 1.29 is 31.4 Å². The molecule has 0 bridgehead atoms. The van der Waals surface area contributed by atoms with Crippen molar-refractivity contribution >= 4 is 38.7 Å². The van der Waals surface area contributed by atoms with E-state index in [-0.39, 0.29) is 31.9 Å². The van der Waals surface area contributed by atoms with Crippen LogP contribution in [0.1, 0.15) is 5.56 Å². The molecule has 0 unspecified atom stereocenters. The van der Waals surface area contributed by atoms with Gasteiger partial charge in [-0.25, -0.2) is 8.42 Å². The third-order valence-corrected chi connectivity index (χ3v) is 7.05. The molecule has 2 aromatic carbocycles. The minimum atomic E-state index is -4.84. The maximum absolute atomic E-state index is 13.1. The predicted octanol–water partition coefficient (Wildman–Crippen LogP) is 3.69. The SMILES string of the molecule is O=[N+]([O-])c1ccc(N2CCN(S(=O)(=O)c3ccc(Cl)c(C(F)(F)F)c3)CC2)c([N+](=O)[O-])c1. The molecule has 0 saturated carbocycles. The van der Waals surface area contributed by atoms with Crippen LogP contribution in [0, 0.1) is 20.2 Å². The van der Waals surface area contributed by atoms with Gasteiger partial charge < -0.3 is 4.90 Å². The van der Waals surface area contributed by atoms with Crippen LogP contribution in [0.2, 0.25) is 5.02 Å². The summed E-state index contributed by atoms with van der Waals surface area (Å²) in [4.78, 5) is 21.6. The molecule has 0 aliphatic carbocycles. The second kappa shape index (κ2) is 8.52. The number of hydrogen-bond donors (Lipinski definition) is 0. The zero-order chi connectivity index (χ0) is 23.8. The smallest absolute Gasteiger partial charge is 0.363 e. The number of piperazine rings is 1. The number of non-ortho nitro benzene ring substituents is 1. The summed E-state index contributed by atoms with van der Waals surface area (Å²) in [7, 11) is -4.29. The molecule has 1 fully saturated rings. The standard InChI is InChI=1S/C17H14ClF3N4O6S/c18-14-3-2-12(10-13(14)17(19,20)21)32(30,31)23-7-5-22(6-8-23)15-4-1-11(24(26)27)9-16(15)25(28)29/h1-4,9-10H,5-8H2. The second-order valence-electron chi connectivity index (χ2n) is 6.72. The highest BCUT2D eigenvalue weighted by molar-refractivity contribution is 7.89. The van der Waals surface area contributed by atoms with Crippen molar-refractivity contribution in [1.29, 1.82) is 0 Å². The number of nitrogens with zero attached hydrogens (tertiary/aromatic N) is 4. The van der Waals surface area contributed by atoms with E-state index in [0.29, 0.717) is 6.07 Å². The molecule has 0 atom stereocenters. The van der Waals surface area contributed by atoms with E-state index >= 15 is 0 Å². The monoisotopic (exact) mass is 494 g/mol. The second-order valence-corrected chi connectivity index (χ2v) is 9.06. The van der Waals surface area contributed by atoms with Crippen molar-refractivity contribution in [2.24, 2.45) is 0 Å². The molecule has 1 aliphatic heterocycles. The van der Waals surface area contributed by atoms with Gasteiger partial charge in [0.25, 0.3) is 11.4 Å². The maximum atomic E-state index is 13.1. The Morgan fingerprint density at radius 3 is 2.09 bits per heavy atom. The van der Waals surface area contributed by atoms with Crippen molar-refractivity contribution in [1.82, 2.24) is 4.31 Å². The van der Waals surface area contributed by atoms with E-state index < -0.39 is 52.9 Å². The minimum Gasteiger partial charge on any atom is -0.363 e. The van der Waals surface area contributed by atoms with E-state index in [0.717, 1.165) is 28.6 Å². The van der Waals surface area contributed by atoms with Crippen molar-refractivity contribution in [3.05, 3.63) is 67.2 Å². The molecule has 15 heteroatoms. The number of hydrogen-bond acceptors (Lipinski definition) is 7. The number of sulfonamides is 1. The third-order valence-electron chi connectivity index (χ3n) is 4.83. The van der Waals surface area contributed by atoms with Crippen molar-refractivity contribution in [2.45, 2.75) is 11.1 Å². The fraction of sp³-hybridized carbons (Fsp3) is 0.294. The first-order valence-corrected chi connectivity index (χ1v) is 10.7. The van der Waals surface area contributed by atoms with E-state index in [1.54, 1.807) is 0 Å². The summed E-state index contributed by atoms with van der Waals surface area (Å²) in [6.45, 7) is -0.365. The summed E-state index contributed by atoms with van der Waals surface area (Å²) in [6.07, 6.45) is -4.84. The lowest BCUT2D eigenvalue weighted by Crippen LogP contribution is -2.48. The van der Waals surface area contributed by atoms with E-state index in [4.69, 9.17) is 11.6 Å². The number of rotatable bonds is 5. The van der Waals surface area contributed by atoms with Gasteiger partial charge in [-0.1, -0.05) is 11.6 Å². The quantitative estimate of drug-likeness (QED) is 0.458. The third kappa shape index (κ3) is 4.61. The Balaban J connectivity index is 1.83. The molecule has 0 spiro atoms. The van der Waals surface area contributed by atoms with Crippen LogP contribution in [0.5, 0.6) is 0 Å². The van der Waals surface area contributed by atoms with Gasteiger partial charge in [0.2, 0.25) is 10.0 Å². The van der Waals surface area contributed by atoms with Gasteiger partial charge in [-0.15, -0.1) is 0 Å². The van der Waals surface area contributed by atoms with Gasteiger partial charge in [-0.2, -0.15) is 17.5 Å². The number of alkyl halides is 3. The molecular weight excluding hydrogens is 481 g/mol. The van der Waals surface area contributed by atoms with Crippen molar-refractivity contribution in [3.63, 3.8) is 0 Å².